The number of rotatable bonds is 3. The number of sulfonamides is 1. The molecule has 1 aliphatic carbocycles. The van der Waals surface area contributed by atoms with Crippen LogP contribution in [0.1, 0.15) is 12.8 Å². The molecule has 0 atom stereocenters. The molecule has 14 heavy (non-hydrogen) atoms. The number of carbonyl (C=O) groups excluding carboxylic acids is 1. The molecule has 4 nitrogen and oxygen atoms in total. The molecule has 1 aromatic heterocycles. The van der Waals surface area contributed by atoms with Crippen molar-refractivity contribution in [1.82, 2.24) is 4.72 Å². The molecule has 1 N–H and O–H groups in total. The Morgan fingerprint density at radius 1 is 1.50 bits per heavy atom. The predicted molar refractivity (Wildman–Crippen MR) is 52.4 cm³/mol. The van der Waals surface area contributed by atoms with Gasteiger partial charge in [-0.3, -0.25) is 4.79 Å². The highest BCUT2D eigenvalue weighted by Gasteiger charge is 2.32. The Bertz CT molecular complexity index is 431. The molecular formula is C8H9NO3S2. The minimum Gasteiger partial charge on any atom is -0.274 e. The van der Waals surface area contributed by atoms with Gasteiger partial charge in [0.25, 0.3) is 10.0 Å². The fourth-order valence-corrected chi connectivity index (χ4v) is 3.06. The summed E-state index contributed by atoms with van der Waals surface area (Å²) in [5, 5.41) is 1.66. The first kappa shape index (κ1) is 9.67. The first-order valence-corrected chi connectivity index (χ1v) is 6.56. The van der Waals surface area contributed by atoms with Gasteiger partial charge in [-0.25, -0.2) is 13.1 Å². The van der Waals surface area contributed by atoms with Crippen molar-refractivity contribution in [3.63, 3.8) is 0 Å². The van der Waals surface area contributed by atoms with Crippen LogP contribution in [-0.2, 0) is 14.8 Å². The Morgan fingerprint density at radius 3 is 2.71 bits per heavy atom. The number of hydrogen-bond acceptors (Lipinski definition) is 4. The zero-order chi connectivity index (χ0) is 10.2. The van der Waals surface area contributed by atoms with Crippen molar-refractivity contribution < 1.29 is 13.2 Å². The molecule has 0 unspecified atom stereocenters. The van der Waals surface area contributed by atoms with Crippen LogP contribution in [0.15, 0.2) is 21.7 Å². The van der Waals surface area contributed by atoms with E-state index in [1.165, 1.54) is 6.07 Å². The van der Waals surface area contributed by atoms with Crippen molar-refractivity contribution in [3.8, 4) is 0 Å². The van der Waals surface area contributed by atoms with Crippen LogP contribution in [0.5, 0.6) is 0 Å². The summed E-state index contributed by atoms with van der Waals surface area (Å²) in [6, 6.07) is 3.12. The molecule has 1 aromatic rings. The molecule has 1 heterocycles. The third-order valence-electron chi connectivity index (χ3n) is 1.94. The summed E-state index contributed by atoms with van der Waals surface area (Å²) in [6.07, 6.45) is 1.59. The molecule has 0 saturated heterocycles. The summed E-state index contributed by atoms with van der Waals surface area (Å²) in [6.45, 7) is 0. The first-order valence-electron chi connectivity index (χ1n) is 4.20. The summed E-state index contributed by atoms with van der Waals surface area (Å²) in [5.74, 6) is -0.469. The highest BCUT2D eigenvalue weighted by molar-refractivity contribution is 7.92. The van der Waals surface area contributed by atoms with Gasteiger partial charge in [0.2, 0.25) is 5.91 Å². The smallest absolute Gasteiger partial charge is 0.273 e. The maximum absolute atomic E-state index is 11.5. The standard InChI is InChI=1S/C8H9NO3S2/c10-8(6-3-4-6)9-14(11,12)7-2-1-5-13-7/h1-2,5-6H,3-4H2,(H,9,10). The summed E-state index contributed by atoms with van der Waals surface area (Å²) in [4.78, 5) is 11.2. The van der Waals surface area contributed by atoms with E-state index in [0.29, 0.717) is 0 Å². The van der Waals surface area contributed by atoms with Gasteiger partial charge in [-0.1, -0.05) is 6.07 Å². The molecule has 0 spiro atoms. The summed E-state index contributed by atoms with van der Waals surface area (Å²) in [7, 11) is -3.60. The van der Waals surface area contributed by atoms with E-state index in [1.807, 2.05) is 0 Å². The maximum Gasteiger partial charge on any atom is 0.273 e. The molecule has 1 fully saturated rings. The van der Waals surface area contributed by atoms with Crippen molar-refractivity contribution in [2.75, 3.05) is 0 Å². The van der Waals surface area contributed by atoms with E-state index in [2.05, 4.69) is 4.72 Å². The van der Waals surface area contributed by atoms with Gasteiger partial charge in [0.15, 0.2) is 0 Å². The van der Waals surface area contributed by atoms with Gasteiger partial charge in [-0.05, 0) is 24.3 Å². The predicted octanol–water partition coefficient (Wildman–Crippen LogP) is 0.963. The fourth-order valence-electron chi connectivity index (χ4n) is 1.03. The molecule has 2 rings (SSSR count). The minimum atomic E-state index is -3.60. The molecule has 76 valence electrons. The SMILES string of the molecule is O=C(NS(=O)(=O)c1cccs1)C1CC1. The van der Waals surface area contributed by atoms with E-state index < -0.39 is 10.0 Å². The van der Waals surface area contributed by atoms with Gasteiger partial charge >= 0.3 is 0 Å². The van der Waals surface area contributed by atoms with Gasteiger partial charge in [0.1, 0.15) is 4.21 Å². The lowest BCUT2D eigenvalue weighted by molar-refractivity contribution is -0.120. The van der Waals surface area contributed by atoms with E-state index in [1.54, 1.807) is 11.4 Å². The Kier molecular flexibility index (Phi) is 2.32. The first-order chi connectivity index (χ1) is 6.59. The van der Waals surface area contributed by atoms with E-state index in [9.17, 15) is 13.2 Å². The molecular weight excluding hydrogens is 222 g/mol. The third-order valence-corrected chi connectivity index (χ3v) is 4.69. The molecule has 0 aromatic carbocycles. The fraction of sp³-hybridized carbons (Fsp3) is 0.375. The average molecular weight is 231 g/mol. The number of thiophene rings is 1. The zero-order valence-corrected chi connectivity index (χ0v) is 8.90. The Morgan fingerprint density at radius 2 is 2.21 bits per heavy atom. The summed E-state index contributed by atoms with van der Waals surface area (Å²) in [5.41, 5.74) is 0. The quantitative estimate of drug-likeness (QED) is 0.842. The minimum absolute atomic E-state index is 0.0928. The Labute approximate surface area is 86.0 Å². The van der Waals surface area contributed by atoms with Crippen LogP contribution in [0.2, 0.25) is 0 Å². The third kappa shape index (κ3) is 1.96. The van der Waals surface area contributed by atoms with E-state index in [0.717, 1.165) is 24.2 Å². The van der Waals surface area contributed by atoms with Crippen LogP contribution in [0, 0.1) is 5.92 Å². The lowest BCUT2D eigenvalue weighted by Gasteiger charge is -2.02. The molecule has 0 bridgehead atoms. The number of hydrogen-bond donors (Lipinski definition) is 1. The molecule has 1 saturated carbocycles. The van der Waals surface area contributed by atoms with Crippen molar-refractivity contribution in [2.24, 2.45) is 5.92 Å². The van der Waals surface area contributed by atoms with Crippen molar-refractivity contribution >= 4 is 27.3 Å². The van der Waals surface area contributed by atoms with Crippen LogP contribution in [0.25, 0.3) is 0 Å². The van der Waals surface area contributed by atoms with Crippen molar-refractivity contribution in [3.05, 3.63) is 17.5 Å². The van der Waals surface area contributed by atoms with Crippen molar-refractivity contribution in [2.45, 2.75) is 17.1 Å². The lowest BCUT2D eigenvalue weighted by Crippen LogP contribution is -2.31. The van der Waals surface area contributed by atoms with E-state index in [-0.39, 0.29) is 16.0 Å². The molecule has 0 aliphatic heterocycles. The molecule has 6 heteroatoms. The second-order valence-corrected chi connectivity index (χ2v) is 6.03. The highest BCUT2D eigenvalue weighted by atomic mass is 32.2. The maximum atomic E-state index is 11.5. The van der Waals surface area contributed by atoms with E-state index >= 15 is 0 Å². The van der Waals surface area contributed by atoms with Gasteiger partial charge in [-0.2, -0.15) is 0 Å². The van der Waals surface area contributed by atoms with Crippen LogP contribution in [-0.4, -0.2) is 14.3 Å². The number of nitrogens with one attached hydrogen (secondary N) is 1. The number of carbonyl (C=O) groups is 1. The van der Waals surface area contributed by atoms with Crippen LogP contribution in [0.4, 0.5) is 0 Å². The largest absolute Gasteiger partial charge is 0.274 e. The lowest BCUT2D eigenvalue weighted by atomic mass is 10.4. The number of amides is 1. The van der Waals surface area contributed by atoms with E-state index in [4.69, 9.17) is 0 Å². The normalized spacial score (nSPS) is 16.6. The second-order valence-electron chi connectivity index (χ2n) is 3.18. The molecule has 0 radical (unpaired) electrons. The Balaban J connectivity index is 2.13. The van der Waals surface area contributed by atoms with Crippen molar-refractivity contribution in [1.29, 1.82) is 0 Å². The second kappa shape index (κ2) is 3.36. The molecule has 1 amide bonds. The van der Waals surface area contributed by atoms with Gasteiger partial charge in [0.05, 0.1) is 0 Å². The van der Waals surface area contributed by atoms with Crippen LogP contribution in [0.3, 0.4) is 0 Å². The zero-order valence-electron chi connectivity index (χ0n) is 7.26. The Hall–Kier alpha value is -0.880. The van der Waals surface area contributed by atoms with Crippen LogP contribution >= 0.6 is 11.3 Å². The van der Waals surface area contributed by atoms with Gasteiger partial charge < -0.3 is 0 Å². The van der Waals surface area contributed by atoms with Crippen LogP contribution < -0.4 is 4.72 Å². The summed E-state index contributed by atoms with van der Waals surface area (Å²) < 4.78 is 25.3. The van der Waals surface area contributed by atoms with Gasteiger partial charge in [0, 0.05) is 5.92 Å². The topological polar surface area (TPSA) is 63.2 Å². The summed E-state index contributed by atoms with van der Waals surface area (Å²) >= 11 is 1.10. The molecule has 1 aliphatic rings. The highest BCUT2D eigenvalue weighted by Crippen LogP contribution is 2.29. The monoisotopic (exact) mass is 231 g/mol. The van der Waals surface area contributed by atoms with Gasteiger partial charge in [-0.15, -0.1) is 11.3 Å². The average Bonchev–Trinajstić information content (AvgIpc) is 2.80.